The molecule has 2 aromatic heterocycles. The molecule has 420 valence electrons. The largest absolute Gasteiger partial charge is 0.492 e. The summed E-state index contributed by atoms with van der Waals surface area (Å²) in [7, 11) is -4.26. The third-order valence-corrected chi connectivity index (χ3v) is 12.4. The molecule has 2 amide bonds. The number of aliphatic carboxylic acids is 1. The first-order chi connectivity index (χ1) is 36.7. The molecular formula is C48H62FN8O19S+. The number of aliphatic hydroxyl groups is 5. The summed E-state index contributed by atoms with van der Waals surface area (Å²) in [5, 5.41) is 74.2. The number of carbonyl (C=O) groups excluding carboxylic acids is 3. The minimum absolute atomic E-state index is 0.0241. The fourth-order valence-electron chi connectivity index (χ4n) is 7.96. The van der Waals surface area contributed by atoms with Gasteiger partial charge in [-0.2, -0.15) is 13.1 Å². The van der Waals surface area contributed by atoms with E-state index >= 15 is 4.39 Å². The molecule has 13 N–H and O–H groups in total. The molecule has 0 radical (unpaired) electrons. The Morgan fingerprint density at radius 2 is 1.57 bits per heavy atom. The number of hydrogen-bond donors (Lipinski definition) is 11. The summed E-state index contributed by atoms with van der Waals surface area (Å²) in [4.78, 5) is 53.3. The van der Waals surface area contributed by atoms with Crippen LogP contribution >= 0.6 is 0 Å². The SMILES string of the molecule is CCOc1cccc(F)c1C#Cc1cn([C@@H]2O[C@H](CNS(N)(=O)=O)[C@@H](O)[C@H]2O)c2c1c(N)nc[n+]2Cc1ccc(O[C@@H]2O[C@H](C(=O)O)[C@@H](O)[C@H](O)[C@H]2O)c(NC(=O)CCNC(=O)CCOCCOCCOCCC(C)=O)c1. The van der Waals surface area contributed by atoms with E-state index in [1.807, 2.05) is 4.72 Å². The number of carboxylic acids is 1. The average molecular weight is 1110 g/mol. The zero-order valence-corrected chi connectivity index (χ0v) is 42.6. The van der Waals surface area contributed by atoms with Crippen molar-refractivity contribution in [1.29, 1.82) is 0 Å². The van der Waals surface area contributed by atoms with E-state index in [1.54, 1.807) is 6.92 Å². The summed E-state index contributed by atoms with van der Waals surface area (Å²) >= 11 is 0. The van der Waals surface area contributed by atoms with Crippen molar-refractivity contribution >= 4 is 56.3 Å². The zero-order valence-electron chi connectivity index (χ0n) is 41.8. The Hall–Kier alpha value is -6.50. The van der Waals surface area contributed by atoms with E-state index in [4.69, 9.17) is 44.0 Å². The molecule has 27 nitrogen and oxygen atoms in total. The number of fused-ring (bicyclic) bond motifs is 1. The first kappa shape index (κ1) is 59.7. The van der Waals surface area contributed by atoms with Gasteiger partial charge in [0.25, 0.3) is 10.2 Å². The van der Waals surface area contributed by atoms with E-state index in [0.717, 1.165) is 0 Å². The van der Waals surface area contributed by atoms with Crippen LogP contribution in [0, 0.1) is 17.7 Å². The molecule has 77 heavy (non-hydrogen) atoms. The number of ether oxygens (including phenoxy) is 7. The number of hydrogen-bond acceptors (Lipinski definition) is 20. The topological polar surface area (TPSA) is 398 Å². The van der Waals surface area contributed by atoms with Gasteiger partial charge in [0.2, 0.25) is 42.1 Å². The minimum Gasteiger partial charge on any atom is -0.492 e. The van der Waals surface area contributed by atoms with Crippen LogP contribution in [0.4, 0.5) is 15.9 Å². The quantitative estimate of drug-likeness (QED) is 0.0166. The van der Waals surface area contributed by atoms with Crippen LogP contribution in [0.1, 0.15) is 56.0 Å². The lowest BCUT2D eigenvalue weighted by Crippen LogP contribution is -2.61. The highest BCUT2D eigenvalue weighted by atomic mass is 32.2. The van der Waals surface area contributed by atoms with Gasteiger partial charge in [-0.15, -0.1) is 0 Å². The summed E-state index contributed by atoms with van der Waals surface area (Å²) in [6.45, 7) is 3.95. The normalized spacial score (nSPS) is 22.3. The number of ketones is 1. The summed E-state index contributed by atoms with van der Waals surface area (Å²) in [6, 6.07) is 8.38. The van der Waals surface area contributed by atoms with E-state index in [0.29, 0.717) is 31.8 Å². The second-order valence-electron chi connectivity index (χ2n) is 17.5. The summed E-state index contributed by atoms with van der Waals surface area (Å²) in [5.41, 5.74) is 6.95. The second-order valence-corrected chi connectivity index (χ2v) is 18.9. The maximum atomic E-state index is 15.2. The monoisotopic (exact) mass is 1110 g/mol. The molecule has 0 unspecified atom stereocenters. The van der Waals surface area contributed by atoms with Crippen molar-refractivity contribution in [3.05, 3.63) is 71.4 Å². The molecule has 2 aliphatic heterocycles. The number of aliphatic hydroxyl groups excluding tert-OH is 5. The van der Waals surface area contributed by atoms with Crippen LogP contribution in [0.5, 0.6) is 11.5 Å². The average Bonchev–Trinajstić information content (AvgIpc) is 3.97. The lowest BCUT2D eigenvalue weighted by atomic mass is 9.99. The van der Waals surface area contributed by atoms with E-state index in [-0.39, 0.29) is 103 Å². The number of aromatic nitrogens is 3. The molecule has 0 saturated carbocycles. The Bertz CT molecular complexity index is 2900. The first-order valence-corrected chi connectivity index (χ1v) is 25.6. The van der Waals surface area contributed by atoms with Crippen molar-refractivity contribution in [3.8, 4) is 23.3 Å². The number of halogens is 1. The number of nitrogens with two attached hydrogens (primary N) is 2. The number of rotatable bonds is 27. The lowest BCUT2D eigenvalue weighted by molar-refractivity contribution is -0.668. The molecule has 4 aromatic rings. The Morgan fingerprint density at radius 1 is 0.870 bits per heavy atom. The Morgan fingerprint density at radius 3 is 2.25 bits per heavy atom. The van der Waals surface area contributed by atoms with Gasteiger partial charge in [-0.05, 0) is 43.7 Å². The molecule has 2 aromatic carbocycles. The second kappa shape index (κ2) is 27.7. The number of nitrogen functional groups attached to an aromatic ring is 1. The third kappa shape index (κ3) is 16.3. The Balaban J connectivity index is 1.26. The molecule has 6 rings (SSSR count). The molecule has 9 atom stereocenters. The fraction of sp³-hybridized carbons (Fsp3) is 0.500. The van der Waals surface area contributed by atoms with Crippen molar-refractivity contribution < 1.29 is 100 Å². The van der Waals surface area contributed by atoms with Crippen molar-refractivity contribution in [1.82, 2.24) is 19.6 Å². The zero-order chi connectivity index (χ0) is 56.0. The van der Waals surface area contributed by atoms with Gasteiger partial charge in [0.15, 0.2) is 6.10 Å². The molecule has 2 aliphatic rings. The van der Waals surface area contributed by atoms with Gasteiger partial charge in [0, 0.05) is 32.4 Å². The molecule has 4 heterocycles. The van der Waals surface area contributed by atoms with Gasteiger partial charge in [-0.3, -0.25) is 14.4 Å². The van der Waals surface area contributed by atoms with E-state index in [2.05, 4.69) is 27.5 Å². The van der Waals surface area contributed by atoms with Crippen LogP contribution in [0.25, 0.3) is 11.0 Å². The molecule has 2 fully saturated rings. The van der Waals surface area contributed by atoms with E-state index < -0.39 is 95.6 Å². The predicted octanol–water partition coefficient (Wildman–Crippen LogP) is -2.56. The highest BCUT2D eigenvalue weighted by Gasteiger charge is 2.49. The number of carboxylic acid groups (broad SMARTS) is 1. The van der Waals surface area contributed by atoms with Crippen LogP contribution in [-0.4, -0.2) is 181 Å². The van der Waals surface area contributed by atoms with Crippen molar-refractivity contribution in [2.45, 2.75) is 94.9 Å². The van der Waals surface area contributed by atoms with Gasteiger partial charge in [-0.25, -0.2) is 23.5 Å². The van der Waals surface area contributed by atoms with Crippen LogP contribution in [0.15, 0.2) is 48.9 Å². The van der Waals surface area contributed by atoms with Crippen molar-refractivity contribution in [3.63, 3.8) is 0 Å². The molecule has 2 saturated heterocycles. The van der Waals surface area contributed by atoms with Crippen LogP contribution in [-0.2, 0) is 59.6 Å². The van der Waals surface area contributed by atoms with Crippen LogP contribution in [0.3, 0.4) is 0 Å². The van der Waals surface area contributed by atoms with Crippen molar-refractivity contribution in [2.24, 2.45) is 5.14 Å². The van der Waals surface area contributed by atoms with Gasteiger partial charge in [-0.1, -0.05) is 29.0 Å². The first-order valence-electron chi connectivity index (χ1n) is 24.1. The molecule has 0 aliphatic carbocycles. The predicted molar refractivity (Wildman–Crippen MR) is 264 cm³/mol. The lowest BCUT2D eigenvalue weighted by Gasteiger charge is -2.38. The number of Topliss-reactive ketones (excluding diaryl/α,β-unsaturated/α-hetero) is 1. The van der Waals surface area contributed by atoms with Crippen molar-refractivity contribution in [2.75, 3.05) is 70.4 Å². The fourth-order valence-corrected chi connectivity index (χ4v) is 8.35. The number of nitrogens with one attached hydrogen (secondary N) is 3. The molecule has 29 heteroatoms. The maximum absolute atomic E-state index is 15.2. The number of nitrogens with zero attached hydrogens (tertiary/aromatic N) is 3. The minimum atomic E-state index is -4.26. The Kier molecular flexibility index (Phi) is 21.5. The summed E-state index contributed by atoms with van der Waals surface area (Å²) in [6.07, 6.45) is -13.4. The standard InChI is InChI=1S/C48H61FN8O19S/c1-3-73-32-6-4-5-30(49)29(32)9-8-28-24-57(46-41(64)38(61)34(74-46)22-54-77(51,68)69)45-37(28)44(50)53-25-56(45)23-27-7-10-33(75-48-42(65)39(62)40(63)43(76-48)47(66)67)31(21-27)55-36(60)11-14-52-35(59)13-16-71-18-20-72-19-17-70-15-12-26(2)58/h4-7,10,21,24-25,34,38-43,46,48,50,54,61-65H,3,11-20,22-23H2,1-2H3,(H5,51,52,55,59,60,66,67,68,69)/p+1/t34-,38-,39+,40+,41-,42-,43+,46-,48-/m1/s1. The summed E-state index contributed by atoms with van der Waals surface area (Å²) in [5.74, 6) is 2.08. The van der Waals surface area contributed by atoms with E-state index in [9.17, 15) is 58.2 Å². The molecule has 0 spiro atoms. The smallest absolute Gasteiger partial charge is 0.335 e. The number of anilines is 2. The van der Waals surface area contributed by atoms with Gasteiger partial charge >= 0.3 is 5.97 Å². The highest BCUT2D eigenvalue weighted by Crippen LogP contribution is 2.36. The summed E-state index contributed by atoms with van der Waals surface area (Å²) < 4.78 is 82.6. The highest BCUT2D eigenvalue weighted by molar-refractivity contribution is 7.87. The number of carbonyl (C=O) groups is 4. The third-order valence-electron chi connectivity index (χ3n) is 11.8. The molecular weight excluding hydrogens is 1040 g/mol. The van der Waals surface area contributed by atoms with Crippen LogP contribution < -0.4 is 40.3 Å². The van der Waals surface area contributed by atoms with Gasteiger partial charge in [0.1, 0.15) is 70.7 Å². The number of amides is 2. The van der Waals surface area contributed by atoms with Crippen LogP contribution in [0.2, 0.25) is 0 Å². The molecule has 0 bridgehead atoms. The van der Waals surface area contributed by atoms with Gasteiger partial charge in [0.05, 0.1) is 70.2 Å². The van der Waals surface area contributed by atoms with Gasteiger partial charge < -0.3 is 80.2 Å². The maximum Gasteiger partial charge on any atom is 0.335 e. The Labute approximate surface area is 440 Å². The van der Waals surface area contributed by atoms with E-state index in [1.165, 1.54) is 65.0 Å². The number of benzene rings is 2.